The lowest BCUT2D eigenvalue weighted by Gasteiger charge is -2.06. The Labute approximate surface area is 113 Å². The second-order valence-electron chi connectivity index (χ2n) is 4.87. The van der Waals surface area contributed by atoms with Crippen LogP contribution in [0.2, 0.25) is 0 Å². The Morgan fingerprint density at radius 2 is 1.74 bits per heavy atom. The molecule has 0 radical (unpaired) electrons. The highest BCUT2D eigenvalue weighted by Crippen LogP contribution is 2.14. The zero-order valence-corrected chi connectivity index (χ0v) is 11.2. The Balaban J connectivity index is 2.03. The van der Waals surface area contributed by atoms with Gasteiger partial charge < -0.3 is 0 Å². The van der Waals surface area contributed by atoms with E-state index >= 15 is 0 Å². The molecule has 0 atom stereocenters. The maximum absolute atomic E-state index is 12.8. The predicted molar refractivity (Wildman–Crippen MR) is 75.0 cm³/mol. The minimum atomic E-state index is -0.246. The molecule has 0 aliphatic rings. The summed E-state index contributed by atoms with van der Waals surface area (Å²) in [5.41, 5.74) is 3.95. The van der Waals surface area contributed by atoms with Gasteiger partial charge in [-0.1, -0.05) is 35.9 Å². The van der Waals surface area contributed by atoms with Gasteiger partial charge in [0.25, 0.3) is 0 Å². The minimum absolute atomic E-state index is 0.141. The lowest BCUT2D eigenvalue weighted by atomic mass is 9.98. The number of halogens is 1. The van der Waals surface area contributed by atoms with Gasteiger partial charge >= 0.3 is 0 Å². The first-order valence-electron chi connectivity index (χ1n) is 6.41. The van der Waals surface area contributed by atoms with Crippen LogP contribution in [-0.2, 0) is 6.42 Å². The van der Waals surface area contributed by atoms with Crippen LogP contribution >= 0.6 is 0 Å². The molecule has 2 rings (SSSR count). The third kappa shape index (κ3) is 3.50. The summed E-state index contributed by atoms with van der Waals surface area (Å²) in [5.74, 6) is -0.105. The molecule has 0 amide bonds. The van der Waals surface area contributed by atoms with Crippen molar-refractivity contribution in [1.29, 1.82) is 0 Å². The fourth-order valence-electron chi connectivity index (χ4n) is 2.17. The number of benzene rings is 2. The van der Waals surface area contributed by atoms with Gasteiger partial charge in [-0.05, 0) is 43.5 Å². The van der Waals surface area contributed by atoms with Crippen molar-refractivity contribution in [3.05, 3.63) is 70.5 Å². The molecule has 0 aliphatic carbocycles. The maximum Gasteiger partial charge on any atom is 0.163 e. The summed E-state index contributed by atoms with van der Waals surface area (Å²) in [5, 5.41) is 0. The third-order valence-corrected chi connectivity index (χ3v) is 3.24. The second kappa shape index (κ2) is 5.79. The van der Waals surface area contributed by atoms with Crippen molar-refractivity contribution >= 4 is 5.78 Å². The molecule has 0 unspecified atom stereocenters. The highest BCUT2D eigenvalue weighted by atomic mass is 19.1. The third-order valence-electron chi connectivity index (χ3n) is 3.24. The molecule has 0 N–H and O–H groups in total. The van der Waals surface area contributed by atoms with Crippen LogP contribution in [0, 0.1) is 19.7 Å². The Kier molecular flexibility index (Phi) is 4.10. The van der Waals surface area contributed by atoms with Crippen molar-refractivity contribution in [2.75, 3.05) is 0 Å². The largest absolute Gasteiger partial charge is 0.294 e. The van der Waals surface area contributed by atoms with E-state index in [-0.39, 0.29) is 11.6 Å². The molecule has 0 saturated carbocycles. The van der Waals surface area contributed by atoms with E-state index in [0.717, 1.165) is 22.3 Å². The molecule has 0 spiro atoms. The first-order valence-corrected chi connectivity index (χ1v) is 6.41. The quantitative estimate of drug-likeness (QED) is 0.747. The van der Waals surface area contributed by atoms with Crippen LogP contribution < -0.4 is 0 Å². The molecule has 0 heterocycles. The van der Waals surface area contributed by atoms with Gasteiger partial charge in [-0.2, -0.15) is 0 Å². The van der Waals surface area contributed by atoms with Crippen molar-refractivity contribution in [2.24, 2.45) is 0 Å². The second-order valence-corrected chi connectivity index (χ2v) is 4.87. The van der Waals surface area contributed by atoms with Crippen LogP contribution in [0.4, 0.5) is 4.39 Å². The van der Waals surface area contributed by atoms with Crippen LogP contribution in [0.3, 0.4) is 0 Å². The summed E-state index contributed by atoms with van der Waals surface area (Å²) in [6.07, 6.45) is 1.10. The number of hydrogen-bond donors (Lipinski definition) is 0. The van der Waals surface area contributed by atoms with Gasteiger partial charge in [0.1, 0.15) is 5.82 Å². The van der Waals surface area contributed by atoms with E-state index in [0.29, 0.717) is 12.8 Å². The molecule has 0 bridgehead atoms. The highest BCUT2D eigenvalue weighted by molar-refractivity contribution is 5.97. The van der Waals surface area contributed by atoms with E-state index in [1.165, 1.54) is 12.1 Å². The molecular formula is C17H17FO. The Bertz CT molecular complexity index is 585. The van der Waals surface area contributed by atoms with Crippen molar-refractivity contribution in [3.63, 3.8) is 0 Å². The lowest BCUT2D eigenvalue weighted by molar-refractivity contribution is 0.0982. The van der Waals surface area contributed by atoms with Crippen molar-refractivity contribution < 1.29 is 9.18 Å². The molecule has 2 aromatic rings. The molecule has 0 fully saturated rings. The smallest absolute Gasteiger partial charge is 0.163 e. The average molecular weight is 256 g/mol. The van der Waals surface area contributed by atoms with Crippen LogP contribution in [0.1, 0.15) is 33.5 Å². The minimum Gasteiger partial charge on any atom is -0.294 e. The van der Waals surface area contributed by atoms with Gasteiger partial charge in [0.15, 0.2) is 5.78 Å². The van der Waals surface area contributed by atoms with Crippen LogP contribution in [-0.4, -0.2) is 5.78 Å². The number of hydrogen-bond acceptors (Lipinski definition) is 1. The Morgan fingerprint density at radius 3 is 2.37 bits per heavy atom. The van der Waals surface area contributed by atoms with Gasteiger partial charge in [-0.25, -0.2) is 4.39 Å². The maximum atomic E-state index is 12.8. The fraction of sp³-hybridized carbons (Fsp3) is 0.235. The number of aryl methyl sites for hydroxylation is 3. The van der Waals surface area contributed by atoms with Crippen LogP contribution in [0.15, 0.2) is 42.5 Å². The number of carbonyl (C=O) groups is 1. The first-order chi connectivity index (χ1) is 9.06. The molecule has 0 aliphatic heterocycles. The Morgan fingerprint density at radius 1 is 1.05 bits per heavy atom. The monoisotopic (exact) mass is 256 g/mol. The molecule has 2 heteroatoms. The van der Waals surface area contributed by atoms with Gasteiger partial charge in [-0.15, -0.1) is 0 Å². The SMILES string of the molecule is Cc1ccc(C(=O)CCc2ccc(F)cc2)c(C)c1. The zero-order chi connectivity index (χ0) is 13.8. The molecular weight excluding hydrogens is 239 g/mol. The summed E-state index contributed by atoms with van der Waals surface area (Å²) in [7, 11) is 0. The summed E-state index contributed by atoms with van der Waals surface area (Å²) in [6.45, 7) is 3.97. The van der Waals surface area contributed by atoms with E-state index in [1.807, 2.05) is 32.0 Å². The fourth-order valence-corrected chi connectivity index (χ4v) is 2.17. The molecule has 1 nitrogen and oxygen atoms in total. The molecule has 19 heavy (non-hydrogen) atoms. The van der Waals surface area contributed by atoms with Crippen LogP contribution in [0.25, 0.3) is 0 Å². The molecule has 0 saturated heterocycles. The Hall–Kier alpha value is -1.96. The van der Waals surface area contributed by atoms with Crippen LogP contribution in [0.5, 0.6) is 0 Å². The van der Waals surface area contributed by atoms with Crippen molar-refractivity contribution in [3.8, 4) is 0 Å². The number of rotatable bonds is 4. The highest BCUT2D eigenvalue weighted by Gasteiger charge is 2.09. The number of ketones is 1. The number of Topliss-reactive ketones (excluding diaryl/α,β-unsaturated/α-hetero) is 1. The first kappa shape index (κ1) is 13.5. The van der Waals surface area contributed by atoms with Crippen molar-refractivity contribution in [2.45, 2.75) is 26.7 Å². The standard InChI is InChI=1S/C17H17FO/c1-12-3-9-16(13(2)11-12)17(19)10-6-14-4-7-15(18)8-5-14/h3-5,7-9,11H,6,10H2,1-2H3. The zero-order valence-electron chi connectivity index (χ0n) is 11.2. The predicted octanol–water partition coefficient (Wildman–Crippen LogP) is 4.26. The average Bonchev–Trinajstić information content (AvgIpc) is 2.37. The van der Waals surface area contributed by atoms with E-state index in [2.05, 4.69) is 0 Å². The topological polar surface area (TPSA) is 17.1 Å². The molecule has 98 valence electrons. The lowest BCUT2D eigenvalue weighted by Crippen LogP contribution is -2.03. The summed E-state index contributed by atoms with van der Waals surface area (Å²) < 4.78 is 12.8. The summed E-state index contributed by atoms with van der Waals surface area (Å²) in [4.78, 5) is 12.1. The normalized spacial score (nSPS) is 10.5. The van der Waals surface area contributed by atoms with Crippen molar-refractivity contribution in [1.82, 2.24) is 0 Å². The van der Waals surface area contributed by atoms with Gasteiger partial charge in [0, 0.05) is 12.0 Å². The van der Waals surface area contributed by atoms with E-state index in [1.54, 1.807) is 12.1 Å². The van der Waals surface area contributed by atoms with E-state index in [4.69, 9.17) is 0 Å². The van der Waals surface area contributed by atoms with Gasteiger partial charge in [-0.3, -0.25) is 4.79 Å². The van der Waals surface area contributed by atoms with Gasteiger partial charge in [0.05, 0.1) is 0 Å². The van der Waals surface area contributed by atoms with E-state index in [9.17, 15) is 9.18 Å². The number of carbonyl (C=O) groups excluding carboxylic acids is 1. The summed E-state index contributed by atoms with van der Waals surface area (Å²) >= 11 is 0. The van der Waals surface area contributed by atoms with Gasteiger partial charge in [0.2, 0.25) is 0 Å². The van der Waals surface area contributed by atoms with E-state index < -0.39 is 0 Å². The summed E-state index contributed by atoms with van der Waals surface area (Å²) in [6, 6.07) is 12.2. The molecule has 2 aromatic carbocycles. The molecule has 0 aromatic heterocycles.